The number of aromatic nitrogens is 2. The highest BCUT2D eigenvalue weighted by Gasteiger charge is 2.17. The van der Waals surface area contributed by atoms with Gasteiger partial charge in [0.15, 0.2) is 5.69 Å². The van der Waals surface area contributed by atoms with Gasteiger partial charge >= 0.3 is 0 Å². The van der Waals surface area contributed by atoms with Gasteiger partial charge in [0, 0.05) is 18.3 Å². The third-order valence-corrected chi connectivity index (χ3v) is 3.75. The summed E-state index contributed by atoms with van der Waals surface area (Å²) in [5.74, 6) is -0.764. The van der Waals surface area contributed by atoms with Crippen molar-refractivity contribution in [1.82, 2.24) is 20.6 Å². The van der Waals surface area contributed by atoms with Crippen LogP contribution in [0.1, 0.15) is 31.4 Å². The molecule has 2 aromatic rings. The molecular weight excluding hydrogens is 264 g/mol. The van der Waals surface area contributed by atoms with Crippen molar-refractivity contribution in [3.8, 4) is 0 Å². The standard InChI is InChI=1S/C12H14N4O2S/c1-7-8(2)16(3)15-10(7)12(18)14-13-11(17)9-5-4-6-19-9/h4-6H,1-3H3,(H,13,17)(H,14,18). The van der Waals surface area contributed by atoms with E-state index in [-0.39, 0.29) is 5.91 Å². The molecule has 2 rings (SSSR count). The predicted octanol–water partition coefficient (Wildman–Crippen LogP) is 1.17. The van der Waals surface area contributed by atoms with Crippen LogP contribution in [0.15, 0.2) is 17.5 Å². The number of rotatable bonds is 2. The molecular formula is C12H14N4O2S. The molecule has 0 saturated heterocycles. The van der Waals surface area contributed by atoms with Crippen LogP contribution in [0.25, 0.3) is 0 Å². The van der Waals surface area contributed by atoms with Gasteiger partial charge < -0.3 is 0 Å². The minimum atomic E-state index is -0.425. The fourth-order valence-corrected chi connectivity index (χ4v) is 2.19. The minimum absolute atomic E-state index is 0.312. The Morgan fingerprint density at radius 1 is 1.26 bits per heavy atom. The third kappa shape index (κ3) is 2.65. The molecule has 0 saturated carbocycles. The van der Waals surface area contributed by atoms with Gasteiger partial charge in [0.1, 0.15) is 0 Å². The minimum Gasteiger partial charge on any atom is -0.272 e. The number of nitrogens with zero attached hydrogens (tertiary/aromatic N) is 2. The normalized spacial score (nSPS) is 10.3. The Morgan fingerprint density at radius 3 is 2.47 bits per heavy atom. The van der Waals surface area contributed by atoms with Crippen molar-refractivity contribution >= 4 is 23.2 Å². The van der Waals surface area contributed by atoms with Gasteiger partial charge in [-0.05, 0) is 25.3 Å². The lowest BCUT2D eigenvalue weighted by Crippen LogP contribution is -2.41. The van der Waals surface area contributed by atoms with Crippen LogP contribution in [-0.4, -0.2) is 21.6 Å². The summed E-state index contributed by atoms with van der Waals surface area (Å²) in [4.78, 5) is 24.1. The van der Waals surface area contributed by atoms with Crippen molar-refractivity contribution in [2.24, 2.45) is 7.05 Å². The molecule has 2 amide bonds. The second-order valence-electron chi connectivity index (χ2n) is 4.07. The summed E-state index contributed by atoms with van der Waals surface area (Å²) in [7, 11) is 1.77. The zero-order chi connectivity index (χ0) is 14.0. The number of amides is 2. The molecule has 7 heteroatoms. The number of carbonyl (C=O) groups excluding carboxylic acids is 2. The molecule has 19 heavy (non-hydrogen) atoms. The van der Waals surface area contributed by atoms with E-state index in [1.807, 2.05) is 13.8 Å². The van der Waals surface area contributed by atoms with Crippen LogP contribution in [-0.2, 0) is 7.05 Å². The number of thiophene rings is 1. The summed E-state index contributed by atoms with van der Waals surface area (Å²) >= 11 is 1.31. The number of carbonyl (C=O) groups is 2. The maximum atomic E-state index is 11.9. The third-order valence-electron chi connectivity index (χ3n) is 2.88. The van der Waals surface area contributed by atoms with E-state index in [9.17, 15) is 9.59 Å². The molecule has 0 radical (unpaired) electrons. The van der Waals surface area contributed by atoms with Crippen LogP contribution >= 0.6 is 11.3 Å². The Kier molecular flexibility index (Phi) is 3.66. The molecule has 0 bridgehead atoms. The fourth-order valence-electron chi connectivity index (χ4n) is 1.57. The first kappa shape index (κ1) is 13.3. The molecule has 100 valence electrons. The van der Waals surface area contributed by atoms with E-state index in [0.717, 1.165) is 11.3 Å². The van der Waals surface area contributed by atoms with Gasteiger partial charge in [-0.2, -0.15) is 5.10 Å². The van der Waals surface area contributed by atoms with Crippen molar-refractivity contribution in [2.45, 2.75) is 13.8 Å². The molecule has 0 fully saturated rings. The second kappa shape index (κ2) is 5.23. The predicted molar refractivity (Wildman–Crippen MR) is 71.9 cm³/mol. The van der Waals surface area contributed by atoms with E-state index in [1.165, 1.54) is 11.3 Å². The van der Waals surface area contributed by atoms with Gasteiger partial charge in [0.25, 0.3) is 11.8 Å². The van der Waals surface area contributed by atoms with Gasteiger partial charge in [-0.3, -0.25) is 25.1 Å². The highest BCUT2D eigenvalue weighted by atomic mass is 32.1. The number of hydrazine groups is 1. The maximum absolute atomic E-state index is 11.9. The van der Waals surface area contributed by atoms with Gasteiger partial charge in [0.05, 0.1) is 4.88 Å². The van der Waals surface area contributed by atoms with Crippen molar-refractivity contribution in [3.05, 3.63) is 39.3 Å². The first-order chi connectivity index (χ1) is 9.00. The lowest BCUT2D eigenvalue weighted by atomic mass is 10.2. The van der Waals surface area contributed by atoms with Crippen LogP contribution in [0, 0.1) is 13.8 Å². The molecule has 2 aromatic heterocycles. The quantitative estimate of drug-likeness (QED) is 0.810. The molecule has 0 aliphatic rings. The molecule has 0 aromatic carbocycles. The lowest BCUT2D eigenvalue weighted by Gasteiger charge is -2.04. The van der Waals surface area contributed by atoms with Crippen LogP contribution in [0.3, 0.4) is 0 Å². The molecule has 0 aliphatic heterocycles. The van der Waals surface area contributed by atoms with Crippen LogP contribution in [0.5, 0.6) is 0 Å². The fraction of sp³-hybridized carbons (Fsp3) is 0.250. The topological polar surface area (TPSA) is 76.0 Å². The van der Waals surface area contributed by atoms with Crippen molar-refractivity contribution in [2.75, 3.05) is 0 Å². The number of nitrogens with one attached hydrogen (secondary N) is 2. The van der Waals surface area contributed by atoms with Crippen LogP contribution in [0.4, 0.5) is 0 Å². The smallest absolute Gasteiger partial charge is 0.272 e. The summed E-state index contributed by atoms with van der Waals surface area (Å²) in [5, 5.41) is 5.90. The summed E-state index contributed by atoms with van der Waals surface area (Å²) in [6.45, 7) is 3.70. The Hall–Kier alpha value is -2.15. The average molecular weight is 278 g/mol. The molecule has 0 unspecified atom stereocenters. The van der Waals surface area contributed by atoms with Gasteiger partial charge in [-0.15, -0.1) is 11.3 Å². The zero-order valence-corrected chi connectivity index (χ0v) is 11.7. The molecule has 2 heterocycles. The first-order valence-corrected chi connectivity index (χ1v) is 6.53. The molecule has 6 nitrogen and oxygen atoms in total. The summed E-state index contributed by atoms with van der Waals surface area (Å²) < 4.78 is 1.63. The average Bonchev–Trinajstić information content (AvgIpc) is 3.00. The monoisotopic (exact) mass is 278 g/mol. The van der Waals surface area contributed by atoms with E-state index in [4.69, 9.17) is 0 Å². The number of aryl methyl sites for hydroxylation is 1. The van der Waals surface area contributed by atoms with Gasteiger partial charge in [-0.1, -0.05) is 6.07 Å². The highest BCUT2D eigenvalue weighted by Crippen LogP contribution is 2.10. The SMILES string of the molecule is Cc1c(C(=O)NNC(=O)c2cccs2)nn(C)c1C. The molecule has 2 N–H and O–H groups in total. The first-order valence-electron chi connectivity index (χ1n) is 5.65. The Labute approximate surface area is 114 Å². The Bertz CT molecular complexity index is 616. The van der Waals surface area contributed by atoms with Gasteiger partial charge in [0.2, 0.25) is 0 Å². The van der Waals surface area contributed by atoms with E-state index >= 15 is 0 Å². The number of hydrogen-bond acceptors (Lipinski definition) is 4. The number of hydrogen-bond donors (Lipinski definition) is 2. The van der Waals surface area contributed by atoms with Crippen molar-refractivity contribution in [3.63, 3.8) is 0 Å². The Morgan fingerprint density at radius 2 is 1.95 bits per heavy atom. The lowest BCUT2D eigenvalue weighted by molar-refractivity contribution is 0.0845. The maximum Gasteiger partial charge on any atom is 0.290 e. The van der Waals surface area contributed by atoms with E-state index in [0.29, 0.717) is 10.6 Å². The largest absolute Gasteiger partial charge is 0.290 e. The van der Waals surface area contributed by atoms with Crippen LogP contribution < -0.4 is 10.9 Å². The summed E-state index contributed by atoms with van der Waals surface area (Å²) in [5.41, 5.74) is 6.74. The molecule has 0 spiro atoms. The molecule has 0 atom stereocenters. The zero-order valence-electron chi connectivity index (χ0n) is 10.9. The van der Waals surface area contributed by atoms with Crippen molar-refractivity contribution < 1.29 is 9.59 Å². The van der Waals surface area contributed by atoms with E-state index < -0.39 is 5.91 Å². The molecule has 0 aliphatic carbocycles. The summed E-state index contributed by atoms with van der Waals surface area (Å²) in [6.07, 6.45) is 0. The van der Waals surface area contributed by atoms with Gasteiger partial charge in [-0.25, -0.2) is 0 Å². The van der Waals surface area contributed by atoms with E-state index in [2.05, 4.69) is 16.0 Å². The second-order valence-corrected chi connectivity index (χ2v) is 5.02. The van der Waals surface area contributed by atoms with Crippen molar-refractivity contribution in [1.29, 1.82) is 0 Å². The van der Waals surface area contributed by atoms with E-state index in [1.54, 1.807) is 29.2 Å². The highest BCUT2D eigenvalue weighted by molar-refractivity contribution is 7.12. The Balaban J connectivity index is 2.02. The van der Waals surface area contributed by atoms with Crippen LogP contribution in [0.2, 0.25) is 0 Å². The summed E-state index contributed by atoms with van der Waals surface area (Å²) in [6, 6.07) is 3.45.